The van der Waals surface area contributed by atoms with Crippen LogP contribution in [-0.4, -0.2) is 29.9 Å². The molecule has 0 radical (unpaired) electrons. The molecule has 2 aliphatic carbocycles. The van der Waals surface area contributed by atoms with Crippen LogP contribution in [0.3, 0.4) is 0 Å². The third kappa shape index (κ3) is 2.69. The van der Waals surface area contributed by atoms with Crippen molar-refractivity contribution in [2.24, 2.45) is 22.7 Å². The Hall–Kier alpha value is -1.72. The van der Waals surface area contributed by atoms with Crippen LogP contribution in [0.1, 0.15) is 40.0 Å². The van der Waals surface area contributed by atoms with E-state index in [4.69, 9.17) is 0 Å². The number of amides is 1. The van der Waals surface area contributed by atoms with Gasteiger partial charge in [0, 0.05) is 25.2 Å². The summed E-state index contributed by atoms with van der Waals surface area (Å²) < 4.78 is 41.2. The van der Waals surface area contributed by atoms with Crippen molar-refractivity contribution in [3.8, 4) is 0 Å². The Morgan fingerprint density at radius 2 is 1.85 bits per heavy atom. The molecule has 1 aromatic carbocycles. The fourth-order valence-electron chi connectivity index (χ4n) is 4.77. The summed E-state index contributed by atoms with van der Waals surface area (Å²) in [6, 6.07) is 0.596. The van der Waals surface area contributed by atoms with Gasteiger partial charge >= 0.3 is 0 Å². The van der Waals surface area contributed by atoms with E-state index in [0.29, 0.717) is 43.5 Å². The smallest absolute Gasteiger partial charge is 0.245 e. The summed E-state index contributed by atoms with van der Waals surface area (Å²) in [5, 5.41) is 2.75. The zero-order valence-electron chi connectivity index (χ0n) is 15.4. The molecule has 0 bridgehead atoms. The summed E-state index contributed by atoms with van der Waals surface area (Å²) >= 11 is 0. The van der Waals surface area contributed by atoms with Gasteiger partial charge in [-0.25, -0.2) is 13.2 Å². The Morgan fingerprint density at radius 1 is 1.23 bits per heavy atom. The molecule has 3 fully saturated rings. The van der Waals surface area contributed by atoms with Gasteiger partial charge in [-0.1, -0.05) is 33.6 Å². The maximum atomic E-state index is 14.0. The Morgan fingerprint density at radius 3 is 2.35 bits per heavy atom. The third-order valence-corrected chi connectivity index (χ3v) is 7.15. The minimum Gasteiger partial charge on any atom is -0.369 e. The number of hydrogen-bond donors (Lipinski definition) is 1. The van der Waals surface area contributed by atoms with Crippen molar-refractivity contribution in [2.75, 3.05) is 18.4 Å². The molecule has 3 aliphatic rings. The van der Waals surface area contributed by atoms with E-state index in [9.17, 15) is 18.0 Å². The quantitative estimate of drug-likeness (QED) is 0.848. The molecule has 26 heavy (non-hydrogen) atoms. The number of benzene rings is 1. The van der Waals surface area contributed by atoms with Crippen LogP contribution in [0.25, 0.3) is 0 Å². The second-order valence-corrected chi connectivity index (χ2v) is 9.03. The van der Waals surface area contributed by atoms with E-state index in [2.05, 4.69) is 26.1 Å². The highest BCUT2D eigenvalue weighted by atomic mass is 19.1. The molecular formula is C20H25F3N2O. The monoisotopic (exact) mass is 366 g/mol. The highest BCUT2D eigenvalue weighted by molar-refractivity contribution is 5.85. The van der Waals surface area contributed by atoms with Crippen LogP contribution in [0.15, 0.2) is 12.1 Å². The fourth-order valence-corrected chi connectivity index (χ4v) is 4.77. The minimum absolute atomic E-state index is 0.107. The molecule has 0 spiro atoms. The number of anilines is 1. The molecule has 4 rings (SSSR count). The van der Waals surface area contributed by atoms with Crippen molar-refractivity contribution in [3.63, 3.8) is 0 Å². The van der Waals surface area contributed by atoms with E-state index in [0.717, 1.165) is 12.8 Å². The van der Waals surface area contributed by atoms with Gasteiger partial charge < -0.3 is 10.2 Å². The normalized spacial score (nSPS) is 30.1. The van der Waals surface area contributed by atoms with Crippen LogP contribution in [-0.2, 0) is 4.79 Å². The van der Waals surface area contributed by atoms with Gasteiger partial charge in [-0.2, -0.15) is 0 Å². The minimum atomic E-state index is -1.01. The molecule has 0 aromatic heterocycles. The summed E-state index contributed by atoms with van der Waals surface area (Å²) in [5.74, 6) is -2.21. The van der Waals surface area contributed by atoms with Crippen molar-refractivity contribution in [2.45, 2.75) is 46.1 Å². The van der Waals surface area contributed by atoms with Crippen LogP contribution in [0.2, 0.25) is 0 Å². The molecule has 3 atom stereocenters. The molecule has 1 N–H and O–H groups in total. The first-order chi connectivity index (χ1) is 12.1. The summed E-state index contributed by atoms with van der Waals surface area (Å²) in [5.41, 5.74) is -0.0568. The molecule has 1 heterocycles. The lowest BCUT2D eigenvalue weighted by Crippen LogP contribution is -2.45. The fraction of sp³-hybridized carbons (Fsp3) is 0.650. The van der Waals surface area contributed by atoms with Crippen LogP contribution in [0, 0.1) is 40.1 Å². The number of piperidine rings is 1. The molecule has 3 nitrogen and oxygen atoms in total. The Kier molecular flexibility index (Phi) is 3.83. The van der Waals surface area contributed by atoms with E-state index >= 15 is 0 Å². The maximum absolute atomic E-state index is 14.0. The van der Waals surface area contributed by atoms with Crippen LogP contribution in [0.4, 0.5) is 18.9 Å². The topological polar surface area (TPSA) is 32.3 Å². The SMILES string of the molecule is CC1(C)[C@H]2CN(C(=O)[C@@H](CC3CC3)Nc3c(F)cc(F)cc3F)CC21C. The van der Waals surface area contributed by atoms with Crippen molar-refractivity contribution in [3.05, 3.63) is 29.6 Å². The molecule has 142 valence electrons. The van der Waals surface area contributed by atoms with Gasteiger partial charge in [0.15, 0.2) is 11.6 Å². The maximum Gasteiger partial charge on any atom is 0.245 e. The number of carbonyl (C=O) groups is 1. The predicted molar refractivity (Wildman–Crippen MR) is 93.0 cm³/mol. The lowest BCUT2D eigenvalue weighted by Gasteiger charge is -2.29. The van der Waals surface area contributed by atoms with Gasteiger partial charge in [-0.3, -0.25) is 4.79 Å². The second kappa shape index (κ2) is 5.64. The Bertz CT molecular complexity index is 738. The van der Waals surface area contributed by atoms with Crippen molar-refractivity contribution < 1.29 is 18.0 Å². The zero-order chi connectivity index (χ0) is 18.9. The van der Waals surface area contributed by atoms with Gasteiger partial charge in [0.25, 0.3) is 0 Å². The number of nitrogens with zero attached hydrogens (tertiary/aromatic N) is 1. The summed E-state index contributed by atoms with van der Waals surface area (Å²) in [4.78, 5) is 14.9. The molecule has 1 aromatic rings. The molecule has 1 aliphatic heterocycles. The zero-order valence-corrected chi connectivity index (χ0v) is 15.4. The van der Waals surface area contributed by atoms with Gasteiger partial charge in [0.1, 0.15) is 17.5 Å². The first kappa shape index (κ1) is 17.7. The Balaban J connectivity index is 1.52. The number of nitrogens with one attached hydrogen (secondary N) is 1. The Labute approximate surface area is 151 Å². The van der Waals surface area contributed by atoms with Crippen LogP contribution in [0.5, 0.6) is 0 Å². The summed E-state index contributed by atoms with van der Waals surface area (Å²) in [6.45, 7) is 8.03. The van der Waals surface area contributed by atoms with Gasteiger partial charge in [-0.15, -0.1) is 0 Å². The third-order valence-electron chi connectivity index (χ3n) is 7.15. The number of hydrogen-bond acceptors (Lipinski definition) is 2. The van der Waals surface area contributed by atoms with E-state index in [-0.39, 0.29) is 16.7 Å². The van der Waals surface area contributed by atoms with Crippen molar-refractivity contribution >= 4 is 11.6 Å². The number of carbonyl (C=O) groups excluding carboxylic acids is 1. The van der Waals surface area contributed by atoms with Crippen molar-refractivity contribution in [1.29, 1.82) is 0 Å². The van der Waals surface area contributed by atoms with Crippen LogP contribution >= 0.6 is 0 Å². The predicted octanol–water partition coefficient (Wildman–Crippen LogP) is 4.19. The highest BCUT2D eigenvalue weighted by Gasteiger charge is 2.72. The van der Waals surface area contributed by atoms with Gasteiger partial charge in [0.2, 0.25) is 5.91 Å². The first-order valence-corrected chi connectivity index (χ1v) is 9.33. The molecule has 1 saturated heterocycles. The van der Waals surface area contributed by atoms with E-state index in [1.54, 1.807) is 0 Å². The molecule has 1 unspecified atom stereocenters. The standard InChI is InChI=1S/C20H25F3N2O/c1-19(2)16-9-25(10-20(16,19)3)18(26)15(6-11-4-5-11)24-17-13(22)7-12(21)8-14(17)23/h7-8,11,15-16,24H,4-6,9-10H2,1-3H3/t15-,16-,20?/m1/s1. The molecule has 6 heteroatoms. The lowest BCUT2D eigenvalue weighted by molar-refractivity contribution is -0.132. The second-order valence-electron chi connectivity index (χ2n) is 9.03. The summed E-state index contributed by atoms with van der Waals surface area (Å²) in [7, 11) is 0. The molecule has 2 saturated carbocycles. The van der Waals surface area contributed by atoms with E-state index in [1.165, 1.54) is 0 Å². The van der Waals surface area contributed by atoms with Gasteiger partial charge in [0.05, 0.1) is 0 Å². The van der Waals surface area contributed by atoms with E-state index in [1.807, 2.05) is 4.90 Å². The number of halogens is 3. The summed E-state index contributed by atoms with van der Waals surface area (Å²) in [6.07, 6.45) is 2.62. The average molecular weight is 366 g/mol. The largest absolute Gasteiger partial charge is 0.369 e. The van der Waals surface area contributed by atoms with Crippen LogP contribution < -0.4 is 5.32 Å². The van der Waals surface area contributed by atoms with Gasteiger partial charge in [-0.05, 0) is 29.1 Å². The number of fused-ring (bicyclic) bond motifs is 1. The highest BCUT2D eigenvalue weighted by Crippen LogP contribution is 2.71. The number of rotatable bonds is 5. The molecular weight excluding hydrogens is 341 g/mol. The van der Waals surface area contributed by atoms with Crippen molar-refractivity contribution in [1.82, 2.24) is 4.90 Å². The lowest BCUT2D eigenvalue weighted by atomic mass is 9.97. The average Bonchev–Trinajstić information content (AvgIpc) is 3.37. The number of likely N-dealkylation sites (tertiary alicyclic amines) is 1. The first-order valence-electron chi connectivity index (χ1n) is 9.33. The molecule has 1 amide bonds. The van der Waals surface area contributed by atoms with E-state index < -0.39 is 29.2 Å².